The molecule has 0 bridgehead atoms. The van der Waals surface area contributed by atoms with Crippen molar-refractivity contribution in [2.24, 2.45) is 0 Å². The van der Waals surface area contributed by atoms with Gasteiger partial charge in [0.15, 0.2) is 0 Å². The number of aromatic nitrogens is 1. The van der Waals surface area contributed by atoms with E-state index in [0.717, 1.165) is 0 Å². The van der Waals surface area contributed by atoms with Crippen molar-refractivity contribution in [3.63, 3.8) is 0 Å². The lowest BCUT2D eigenvalue weighted by Crippen LogP contribution is -2.27. The Morgan fingerprint density at radius 1 is 1.48 bits per heavy atom. The highest BCUT2D eigenvalue weighted by Gasteiger charge is 2.20. The molecular formula is C15H19N3O3. The first-order chi connectivity index (χ1) is 10.0. The third-order valence-corrected chi connectivity index (χ3v) is 2.99. The number of benzene rings is 1. The minimum Gasteiger partial charge on any atom is -0.493 e. The summed E-state index contributed by atoms with van der Waals surface area (Å²) in [5, 5.41) is 3.88. The van der Waals surface area contributed by atoms with Crippen molar-refractivity contribution >= 4 is 11.6 Å². The molecule has 1 amide bonds. The topological polar surface area (TPSA) is 81.6 Å². The summed E-state index contributed by atoms with van der Waals surface area (Å²) in [6, 6.07) is 6.98. The summed E-state index contributed by atoms with van der Waals surface area (Å²) in [6.07, 6.45) is 0. The van der Waals surface area contributed by atoms with Crippen LogP contribution in [0.2, 0.25) is 0 Å². The molecule has 1 aromatic carbocycles. The highest BCUT2D eigenvalue weighted by Crippen LogP contribution is 2.26. The molecule has 112 valence electrons. The molecule has 0 spiro atoms. The summed E-state index contributed by atoms with van der Waals surface area (Å²) in [5.74, 6) is 0.989. The highest BCUT2D eigenvalue weighted by molar-refractivity contribution is 6.01. The fraction of sp³-hybridized carbons (Fsp3) is 0.333. The zero-order chi connectivity index (χ0) is 15.4. The van der Waals surface area contributed by atoms with E-state index in [1.54, 1.807) is 38.2 Å². The smallest absolute Gasteiger partial charge is 0.259 e. The van der Waals surface area contributed by atoms with Gasteiger partial charge < -0.3 is 19.9 Å². The number of carbonyl (C=O) groups excluding carboxylic acids is 1. The van der Waals surface area contributed by atoms with Gasteiger partial charge in [-0.2, -0.15) is 0 Å². The number of nitrogens with zero attached hydrogens (tertiary/aromatic N) is 2. The summed E-state index contributed by atoms with van der Waals surface area (Å²) in [6.45, 7) is 4.48. The third-order valence-electron chi connectivity index (χ3n) is 2.99. The predicted molar refractivity (Wildman–Crippen MR) is 79.1 cm³/mol. The van der Waals surface area contributed by atoms with E-state index in [0.29, 0.717) is 41.6 Å². The SMILES string of the molecule is CCOc1cccc(N)c1C(=O)N(C)Cc1cc(C)on1. The van der Waals surface area contributed by atoms with E-state index in [9.17, 15) is 4.79 Å². The maximum atomic E-state index is 12.6. The van der Waals surface area contributed by atoms with Crippen molar-refractivity contribution in [1.82, 2.24) is 10.1 Å². The molecular weight excluding hydrogens is 270 g/mol. The van der Waals surface area contributed by atoms with E-state index < -0.39 is 0 Å². The second-order valence-electron chi connectivity index (χ2n) is 4.74. The van der Waals surface area contributed by atoms with E-state index in [1.165, 1.54) is 4.90 Å². The number of hydrogen-bond acceptors (Lipinski definition) is 5. The predicted octanol–water partition coefficient (Wildman–Crippen LogP) is 2.24. The van der Waals surface area contributed by atoms with Gasteiger partial charge in [-0.25, -0.2) is 0 Å². The minimum atomic E-state index is -0.211. The van der Waals surface area contributed by atoms with Gasteiger partial charge in [0.25, 0.3) is 5.91 Å². The normalized spacial score (nSPS) is 10.4. The number of aryl methyl sites for hydroxylation is 1. The van der Waals surface area contributed by atoms with Crippen LogP contribution in [-0.2, 0) is 6.54 Å². The molecule has 0 radical (unpaired) electrons. The number of amides is 1. The van der Waals surface area contributed by atoms with E-state index in [2.05, 4.69) is 5.16 Å². The molecule has 6 heteroatoms. The van der Waals surface area contributed by atoms with Gasteiger partial charge in [0, 0.05) is 18.8 Å². The van der Waals surface area contributed by atoms with Crippen LogP contribution in [0.25, 0.3) is 0 Å². The number of carbonyl (C=O) groups is 1. The summed E-state index contributed by atoms with van der Waals surface area (Å²) in [7, 11) is 1.69. The van der Waals surface area contributed by atoms with Gasteiger partial charge >= 0.3 is 0 Å². The fourth-order valence-corrected chi connectivity index (χ4v) is 2.05. The van der Waals surface area contributed by atoms with Crippen LogP contribution in [0.5, 0.6) is 5.75 Å². The molecule has 2 rings (SSSR count). The molecule has 0 aliphatic heterocycles. The molecule has 0 unspecified atom stereocenters. The number of rotatable bonds is 5. The number of nitrogen functional groups attached to an aromatic ring is 1. The van der Waals surface area contributed by atoms with Crippen molar-refractivity contribution in [2.45, 2.75) is 20.4 Å². The van der Waals surface area contributed by atoms with Gasteiger partial charge in [-0.15, -0.1) is 0 Å². The molecule has 1 heterocycles. The molecule has 0 aliphatic rings. The maximum Gasteiger partial charge on any atom is 0.259 e. The molecule has 0 atom stereocenters. The van der Waals surface area contributed by atoms with Gasteiger partial charge in [-0.05, 0) is 26.0 Å². The Bertz CT molecular complexity index is 637. The second-order valence-corrected chi connectivity index (χ2v) is 4.74. The van der Waals surface area contributed by atoms with Crippen LogP contribution < -0.4 is 10.5 Å². The standard InChI is InChI=1S/C15H19N3O3/c1-4-20-13-7-5-6-12(16)14(13)15(19)18(3)9-11-8-10(2)21-17-11/h5-8H,4,9,16H2,1-3H3. The van der Waals surface area contributed by atoms with Crippen LogP contribution >= 0.6 is 0 Å². The molecule has 6 nitrogen and oxygen atoms in total. The van der Waals surface area contributed by atoms with Crippen LogP contribution in [0.15, 0.2) is 28.8 Å². The third kappa shape index (κ3) is 3.34. The average Bonchev–Trinajstić information content (AvgIpc) is 2.84. The van der Waals surface area contributed by atoms with Gasteiger partial charge in [0.05, 0.1) is 13.2 Å². The van der Waals surface area contributed by atoms with E-state index in [1.807, 2.05) is 6.92 Å². The Morgan fingerprint density at radius 2 is 2.24 bits per heavy atom. The molecule has 2 aromatic rings. The summed E-state index contributed by atoms with van der Waals surface area (Å²) in [5.41, 5.74) is 7.39. The van der Waals surface area contributed by atoms with E-state index in [-0.39, 0.29) is 5.91 Å². The van der Waals surface area contributed by atoms with E-state index in [4.69, 9.17) is 15.0 Å². The van der Waals surface area contributed by atoms with E-state index >= 15 is 0 Å². The largest absolute Gasteiger partial charge is 0.493 e. The minimum absolute atomic E-state index is 0.211. The zero-order valence-corrected chi connectivity index (χ0v) is 12.4. The molecule has 0 saturated heterocycles. The molecule has 0 aliphatic carbocycles. The fourth-order valence-electron chi connectivity index (χ4n) is 2.05. The van der Waals surface area contributed by atoms with Crippen molar-refractivity contribution in [3.05, 3.63) is 41.3 Å². The lowest BCUT2D eigenvalue weighted by molar-refractivity contribution is 0.0779. The number of nitrogens with two attached hydrogens (primary N) is 1. The summed E-state index contributed by atoms with van der Waals surface area (Å²) >= 11 is 0. The Labute approximate surface area is 123 Å². The second kappa shape index (κ2) is 6.30. The first kappa shape index (κ1) is 14.9. The van der Waals surface area contributed by atoms with Crippen LogP contribution in [0, 0.1) is 6.92 Å². The van der Waals surface area contributed by atoms with Crippen LogP contribution in [0.4, 0.5) is 5.69 Å². The zero-order valence-electron chi connectivity index (χ0n) is 12.4. The quantitative estimate of drug-likeness (QED) is 0.854. The first-order valence-electron chi connectivity index (χ1n) is 6.71. The lowest BCUT2D eigenvalue weighted by Gasteiger charge is -2.19. The average molecular weight is 289 g/mol. The van der Waals surface area contributed by atoms with Gasteiger partial charge in [-0.3, -0.25) is 4.79 Å². The van der Waals surface area contributed by atoms with Gasteiger partial charge in [0.2, 0.25) is 0 Å². The van der Waals surface area contributed by atoms with Crippen LogP contribution in [0.3, 0.4) is 0 Å². The Kier molecular flexibility index (Phi) is 4.47. The highest BCUT2D eigenvalue weighted by atomic mass is 16.5. The molecule has 1 aromatic heterocycles. The first-order valence-corrected chi connectivity index (χ1v) is 6.71. The molecule has 0 saturated carbocycles. The number of hydrogen-bond donors (Lipinski definition) is 1. The van der Waals surface area contributed by atoms with Crippen LogP contribution in [-0.4, -0.2) is 29.6 Å². The monoisotopic (exact) mass is 289 g/mol. The van der Waals surface area contributed by atoms with Crippen LogP contribution in [0.1, 0.15) is 28.7 Å². The maximum absolute atomic E-state index is 12.6. The summed E-state index contributed by atoms with van der Waals surface area (Å²) < 4.78 is 10.5. The number of anilines is 1. The molecule has 0 fully saturated rings. The Morgan fingerprint density at radius 3 is 2.86 bits per heavy atom. The van der Waals surface area contributed by atoms with Crippen molar-refractivity contribution in [2.75, 3.05) is 19.4 Å². The molecule has 2 N–H and O–H groups in total. The van der Waals surface area contributed by atoms with Gasteiger partial charge in [-0.1, -0.05) is 11.2 Å². The van der Waals surface area contributed by atoms with Crippen molar-refractivity contribution < 1.29 is 14.1 Å². The van der Waals surface area contributed by atoms with Crippen molar-refractivity contribution in [3.8, 4) is 5.75 Å². The van der Waals surface area contributed by atoms with Crippen molar-refractivity contribution in [1.29, 1.82) is 0 Å². The summed E-state index contributed by atoms with van der Waals surface area (Å²) in [4.78, 5) is 14.1. The Hall–Kier alpha value is -2.50. The van der Waals surface area contributed by atoms with Gasteiger partial charge in [0.1, 0.15) is 22.8 Å². The molecule has 21 heavy (non-hydrogen) atoms. The lowest BCUT2D eigenvalue weighted by atomic mass is 10.1. The Balaban J connectivity index is 2.22. The number of ether oxygens (including phenoxy) is 1.